The second-order valence-electron chi connectivity index (χ2n) is 10.7. The van der Waals surface area contributed by atoms with Crippen LogP contribution in [-0.4, -0.2) is 11.7 Å². The Hall–Kier alpha value is -0.0400. The summed E-state index contributed by atoms with van der Waals surface area (Å²) in [7, 11) is 0. The molecule has 138 valence electrons. The molecule has 4 aliphatic carbocycles. The Balaban J connectivity index is 1.62. The van der Waals surface area contributed by atoms with Gasteiger partial charge in [-0.1, -0.05) is 40.0 Å². The SMILES string of the molecule is C[C@@H]1CCC2CC[C@@H]3C(CC[C@]4(C)C(CO)CCCC34)[C@@]2(C)CC1. The van der Waals surface area contributed by atoms with Crippen molar-refractivity contribution in [1.82, 2.24) is 0 Å². The van der Waals surface area contributed by atoms with Crippen LogP contribution in [0.15, 0.2) is 0 Å². The summed E-state index contributed by atoms with van der Waals surface area (Å²) in [6.45, 7) is 8.17. The van der Waals surface area contributed by atoms with Crippen molar-refractivity contribution < 1.29 is 5.11 Å². The van der Waals surface area contributed by atoms with Crippen LogP contribution in [0.5, 0.6) is 0 Å². The highest BCUT2D eigenvalue weighted by Crippen LogP contribution is 2.66. The van der Waals surface area contributed by atoms with Gasteiger partial charge in [0, 0.05) is 6.61 Å². The molecule has 0 saturated heterocycles. The zero-order chi connectivity index (χ0) is 16.9. The molecule has 0 spiro atoms. The molecule has 1 nitrogen and oxygen atoms in total. The quantitative estimate of drug-likeness (QED) is 0.619. The van der Waals surface area contributed by atoms with E-state index in [0.717, 1.165) is 29.6 Å². The van der Waals surface area contributed by atoms with E-state index in [2.05, 4.69) is 20.8 Å². The Bertz CT molecular complexity index is 459. The van der Waals surface area contributed by atoms with Gasteiger partial charge in [-0.05, 0) is 97.7 Å². The topological polar surface area (TPSA) is 20.2 Å². The standard InChI is InChI=1S/C23H40O/c1-16-7-8-17-9-10-19-20-6-4-5-18(15-24)23(20,3)14-12-21(19)22(17,2)13-11-16/h16-21,24H,4-15H2,1-3H3/t16-,17?,18?,19+,20?,21?,22+,23-/m1/s1. The van der Waals surface area contributed by atoms with Crippen molar-refractivity contribution in [3.8, 4) is 0 Å². The Morgan fingerprint density at radius 2 is 1.50 bits per heavy atom. The first-order valence-electron chi connectivity index (χ1n) is 11.1. The third-order valence-electron chi connectivity index (χ3n) is 9.91. The predicted octanol–water partition coefficient (Wildman–Crippen LogP) is 6.05. The summed E-state index contributed by atoms with van der Waals surface area (Å²) >= 11 is 0. The van der Waals surface area contributed by atoms with Gasteiger partial charge >= 0.3 is 0 Å². The van der Waals surface area contributed by atoms with Crippen molar-refractivity contribution >= 4 is 0 Å². The second kappa shape index (κ2) is 6.29. The summed E-state index contributed by atoms with van der Waals surface area (Å²) in [6, 6.07) is 0. The van der Waals surface area contributed by atoms with Gasteiger partial charge in [-0.25, -0.2) is 0 Å². The van der Waals surface area contributed by atoms with Crippen molar-refractivity contribution in [3.05, 3.63) is 0 Å². The summed E-state index contributed by atoms with van der Waals surface area (Å²) in [4.78, 5) is 0. The third-order valence-corrected chi connectivity index (χ3v) is 9.91. The molecule has 0 aromatic heterocycles. The summed E-state index contributed by atoms with van der Waals surface area (Å²) < 4.78 is 0. The van der Waals surface area contributed by atoms with Crippen LogP contribution in [0.1, 0.15) is 91.4 Å². The van der Waals surface area contributed by atoms with Crippen molar-refractivity contribution in [2.75, 3.05) is 6.61 Å². The molecule has 1 N–H and O–H groups in total. The predicted molar refractivity (Wildman–Crippen MR) is 101 cm³/mol. The van der Waals surface area contributed by atoms with Crippen molar-refractivity contribution in [2.24, 2.45) is 46.3 Å². The molecule has 8 atom stereocenters. The van der Waals surface area contributed by atoms with Crippen LogP contribution < -0.4 is 0 Å². The Morgan fingerprint density at radius 3 is 2.29 bits per heavy atom. The normalized spacial score (nSPS) is 55.0. The van der Waals surface area contributed by atoms with Gasteiger partial charge in [-0.2, -0.15) is 0 Å². The highest BCUT2D eigenvalue weighted by atomic mass is 16.3. The number of aliphatic hydroxyl groups is 1. The minimum atomic E-state index is 0.432. The summed E-state index contributed by atoms with van der Waals surface area (Å²) in [6.07, 6.45) is 15.9. The fourth-order valence-electron chi connectivity index (χ4n) is 8.20. The van der Waals surface area contributed by atoms with Crippen molar-refractivity contribution in [1.29, 1.82) is 0 Å². The minimum Gasteiger partial charge on any atom is -0.396 e. The van der Waals surface area contributed by atoms with E-state index in [0.29, 0.717) is 23.4 Å². The van der Waals surface area contributed by atoms with Crippen LogP contribution in [-0.2, 0) is 0 Å². The van der Waals surface area contributed by atoms with Gasteiger partial charge in [0.2, 0.25) is 0 Å². The van der Waals surface area contributed by atoms with Gasteiger partial charge in [0.15, 0.2) is 0 Å². The Morgan fingerprint density at radius 1 is 0.792 bits per heavy atom. The molecule has 1 heteroatoms. The zero-order valence-electron chi connectivity index (χ0n) is 16.4. The molecule has 4 unspecified atom stereocenters. The molecule has 0 amide bonds. The summed E-state index contributed by atoms with van der Waals surface area (Å²) in [5.41, 5.74) is 1.07. The average molecular weight is 333 g/mol. The molecule has 4 rings (SSSR count). The number of fused-ring (bicyclic) bond motifs is 5. The van der Waals surface area contributed by atoms with E-state index in [-0.39, 0.29) is 0 Å². The summed E-state index contributed by atoms with van der Waals surface area (Å²) in [5, 5.41) is 10.00. The largest absolute Gasteiger partial charge is 0.396 e. The molecule has 4 fully saturated rings. The van der Waals surface area contributed by atoms with E-state index in [1.165, 1.54) is 70.6 Å². The van der Waals surface area contributed by atoms with Crippen LogP contribution in [0.25, 0.3) is 0 Å². The molecular formula is C23H40O. The lowest BCUT2D eigenvalue weighted by Crippen LogP contribution is -2.55. The first kappa shape index (κ1) is 17.4. The van der Waals surface area contributed by atoms with Crippen LogP contribution >= 0.6 is 0 Å². The summed E-state index contributed by atoms with van der Waals surface area (Å²) in [5.74, 6) is 5.39. The van der Waals surface area contributed by atoms with E-state index in [1.807, 2.05) is 0 Å². The maximum Gasteiger partial charge on any atom is 0.0464 e. The van der Waals surface area contributed by atoms with Gasteiger partial charge in [0.05, 0.1) is 0 Å². The van der Waals surface area contributed by atoms with Crippen molar-refractivity contribution in [3.63, 3.8) is 0 Å². The second-order valence-corrected chi connectivity index (χ2v) is 10.7. The molecule has 0 radical (unpaired) electrons. The van der Waals surface area contributed by atoms with Gasteiger partial charge in [0.25, 0.3) is 0 Å². The van der Waals surface area contributed by atoms with Crippen LogP contribution in [0, 0.1) is 46.3 Å². The number of hydrogen-bond donors (Lipinski definition) is 1. The zero-order valence-corrected chi connectivity index (χ0v) is 16.4. The Labute approximate surface area is 150 Å². The fourth-order valence-corrected chi connectivity index (χ4v) is 8.20. The molecule has 0 aliphatic heterocycles. The number of rotatable bonds is 1. The van der Waals surface area contributed by atoms with Crippen LogP contribution in [0.2, 0.25) is 0 Å². The molecule has 0 aromatic carbocycles. The van der Waals surface area contributed by atoms with Crippen LogP contribution in [0.4, 0.5) is 0 Å². The van der Waals surface area contributed by atoms with Crippen LogP contribution in [0.3, 0.4) is 0 Å². The average Bonchev–Trinajstić information content (AvgIpc) is 2.72. The lowest BCUT2D eigenvalue weighted by molar-refractivity contribution is -0.138. The first-order chi connectivity index (χ1) is 11.5. The molecule has 4 saturated carbocycles. The van der Waals surface area contributed by atoms with Crippen molar-refractivity contribution in [2.45, 2.75) is 91.4 Å². The van der Waals surface area contributed by atoms with E-state index >= 15 is 0 Å². The minimum absolute atomic E-state index is 0.432. The van der Waals surface area contributed by atoms with Gasteiger partial charge < -0.3 is 5.11 Å². The molecule has 0 bridgehead atoms. The highest BCUT2D eigenvalue weighted by molar-refractivity contribution is 5.07. The molecular weight excluding hydrogens is 292 g/mol. The smallest absolute Gasteiger partial charge is 0.0464 e. The number of aliphatic hydroxyl groups excluding tert-OH is 1. The third kappa shape index (κ3) is 2.51. The van der Waals surface area contributed by atoms with E-state index in [1.54, 1.807) is 0 Å². The fraction of sp³-hybridized carbons (Fsp3) is 1.00. The maximum atomic E-state index is 10.00. The van der Waals surface area contributed by atoms with Gasteiger partial charge in [-0.3, -0.25) is 0 Å². The number of hydrogen-bond acceptors (Lipinski definition) is 1. The highest BCUT2D eigenvalue weighted by Gasteiger charge is 2.58. The van der Waals surface area contributed by atoms with E-state index in [4.69, 9.17) is 0 Å². The lowest BCUT2D eigenvalue weighted by atomic mass is 9.43. The van der Waals surface area contributed by atoms with E-state index in [9.17, 15) is 5.11 Å². The van der Waals surface area contributed by atoms with Gasteiger partial charge in [0.1, 0.15) is 0 Å². The first-order valence-corrected chi connectivity index (χ1v) is 11.1. The molecule has 24 heavy (non-hydrogen) atoms. The lowest BCUT2D eigenvalue weighted by Gasteiger charge is -2.62. The molecule has 4 aliphatic rings. The molecule has 0 heterocycles. The monoisotopic (exact) mass is 332 g/mol. The van der Waals surface area contributed by atoms with Gasteiger partial charge in [-0.15, -0.1) is 0 Å². The maximum absolute atomic E-state index is 10.00. The molecule has 0 aromatic rings. The van der Waals surface area contributed by atoms with E-state index < -0.39 is 0 Å². The Kier molecular flexibility index (Phi) is 4.55.